The number of hydrogen-bond acceptors (Lipinski definition) is 7. The molecule has 6 nitrogen and oxygen atoms in total. The number of rotatable bonds is 3. The fourth-order valence-electron chi connectivity index (χ4n) is 2.75. The molecule has 3 aromatic rings. The standard InChI is InChI=1S/C16H17N5OS/c1-21-6-5-17-8-14(21)15-19-16(22-20-15)12-4-2-3-11(7-12)13-9-23-10-18-13/h2-4,7,9-10,14,17H,5-6,8H2,1H3. The SMILES string of the molecule is CN1CCNCC1c1noc(-c2cccc(-c3cscn3)c2)n1. The summed E-state index contributed by atoms with van der Waals surface area (Å²) in [6.45, 7) is 2.82. The Morgan fingerprint density at radius 1 is 1.35 bits per heavy atom. The van der Waals surface area contributed by atoms with Crippen LogP contribution in [-0.2, 0) is 0 Å². The van der Waals surface area contributed by atoms with Crippen LogP contribution in [0.1, 0.15) is 11.9 Å². The Balaban J connectivity index is 1.63. The Kier molecular flexibility index (Phi) is 3.90. The molecular formula is C16H17N5OS. The highest BCUT2D eigenvalue weighted by Crippen LogP contribution is 2.27. The Hall–Kier alpha value is -2.09. The molecule has 0 saturated carbocycles. The van der Waals surface area contributed by atoms with Crippen molar-refractivity contribution in [3.63, 3.8) is 0 Å². The number of aromatic nitrogens is 3. The zero-order valence-electron chi connectivity index (χ0n) is 12.8. The summed E-state index contributed by atoms with van der Waals surface area (Å²) in [5, 5.41) is 9.58. The lowest BCUT2D eigenvalue weighted by atomic mass is 10.1. The first-order valence-electron chi connectivity index (χ1n) is 7.55. The molecule has 118 valence electrons. The van der Waals surface area contributed by atoms with E-state index in [-0.39, 0.29) is 6.04 Å². The van der Waals surface area contributed by atoms with E-state index < -0.39 is 0 Å². The lowest BCUT2D eigenvalue weighted by Gasteiger charge is -2.30. The van der Waals surface area contributed by atoms with Crippen molar-refractivity contribution in [1.29, 1.82) is 0 Å². The van der Waals surface area contributed by atoms with E-state index in [4.69, 9.17) is 4.52 Å². The van der Waals surface area contributed by atoms with Crippen LogP contribution in [0.3, 0.4) is 0 Å². The molecule has 0 spiro atoms. The molecule has 0 amide bonds. The van der Waals surface area contributed by atoms with E-state index in [2.05, 4.69) is 32.4 Å². The second kappa shape index (κ2) is 6.19. The van der Waals surface area contributed by atoms with Gasteiger partial charge in [-0.2, -0.15) is 4.98 Å². The molecule has 1 atom stereocenters. The van der Waals surface area contributed by atoms with E-state index in [1.165, 1.54) is 0 Å². The van der Waals surface area contributed by atoms with Gasteiger partial charge in [0.15, 0.2) is 5.82 Å². The van der Waals surface area contributed by atoms with E-state index in [0.29, 0.717) is 5.89 Å². The third-order valence-electron chi connectivity index (χ3n) is 4.09. The van der Waals surface area contributed by atoms with Gasteiger partial charge in [-0.25, -0.2) is 4.98 Å². The molecule has 23 heavy (non-hydrogen) atoms. The van der Waals surface area contributed by atoms with Crippen LogP contribution < -0.4 is 5.32 Å². The minimum Gasteiger partial charge on any atom is -0.334 e. The van der Waals surface area contributed by atoms with Crippen molar-refractivity contribution < 1.29 is 4.52 Å². The third-order valence-corrected chi connectivity index (χ3v) is 4.67. The summed E-state index contributed by atoms with van der Waals surface area (Å²) < 4.78 is 5.49. The second-order valence-corrected chi connectivity index (χ2v) is 6.33. The molecule has 4 rings (SSSR count). The Bertz CT molecular complexity index is 785. The fourth-order valence-corrected chi connectivity index (χ4v) is 3.31. The van der Waals surface area contributed by atoms with Crippen molar-refractivity contribution in [2.45, 2.75) is 6.04 Å². The normalized spacial score (nSPS) is 19.1. The van der Waals surface area contributed by atoms with Gasteiger partial charge in [0.05, 0.1) is 17.2 Å². The highest BCUT2D eigenvalue weighted by atomic mass is 32.1. The summed E-state index contributed by atoms with van der Waals surface area (Å²) in [5.41, 5.74) is 4.77. The quantitative estimate of drug-likeness (QED) is 0.797. The first-order valence-corrected chi connectivity index (χ1v) is 8.49. The Morgan fingerprint density at radius 2 is 2.26 bits per heavy atom. The third kappa shape index (κ3) is 2.90. The predicted octanol–water partition coefficient (Wildman–Crippen LogP) is 2.44. The van der Waals surface area contributed by atoms with Crippen molar-refractivity contribution in [2.24, 2.45) is 0 Å². The number of likely N-dealkylation sites (N-methyl/N-ethyl adjacent to an activating group) is 1. The van der Waals surface area contributed by atoms with E-state index in [1.54, 1.807) is 11.3 Å². The largest absolute Gasteiger partial charge is 0.334 e. The van der Waals surface area contributed by atoms with Gasteiger partial charge in [0.25, 0.3) is 5.89 Å². The Morgan fingerprint density at radius 3 is 3.09 bits per heavy atom. The summed E-state index contributed by atoms with van der Waals surface area (Å²) in [6.07, 6.45) is 0. The number of hydrogen-bond donors (Lipinski definition) is 1. The maximum absolute atomic E-state index is 5.49. The number of nitrogens with zero attached hydrogens (tertiary/aromatic N) is 4. The summed E-state index contributed by atoms with van der Waals surface area (Å²) >= 11 is 1.58. The summed E-state index contributed by atoms with van der Waals surface area (Å²) in [6, 6.07) is 8.20. The topological polar surface area (TPSA) is 67.1 Å². The number of benzene rings is 1. The molecule has 1 aliphatic heterocycles. The smallest absolute Gasteiger partial charge is 0.258 e. The second-order valence-electron chi connectivity index (χ2n) is 5.61. The summed E-state index contributed by atoms with van der Waals surface area (Å²) in [4.78, 5) is 11.2. The minimum atomic E-state index is 0.156. The minimum absolute atomic E-state index is 0.156. The number of nitrogens with one attached hydrogen (secondary N) is 1. The lowest BCUT2D eigenvalue weighted by Crippen LogP contribution is -2.44. The monoisotopic (exact) mass is 327 g/mol. The number of thiazole rings is 1. The highest BCUT2D eigenvalue weighted by molar-refractivity contribution is 7.07. The Labute approximate surface area is 138 Å². The molecule has 1 saturated heterocycles. The molecule has 1 fully saturated rings. The van der Waals surface area contributed by atoms with E-state index >= 15 is 0 Å². The van der Waals surface area contributed by atoms with Gasteiger partial charge < -0.3 is 9.84 Å². The van der Waals surface area contributed by atoms with Gasteiger partial charge >= 0.3 is 0 Å². The fraction of sp³-hybridized carbons (Fsp3) is 0.312. The number of piperazine rings is 1. The van der Waals surface area contributed by atoms with Crippen LogP contribution in [0.4, 0.5) is 0 Å². The zero-order valence-corrected chi connectivity index (χ0v) is 13.6. The van der Waals surface area contributed by atoms with E-state index in [1.807, 2.05) is 35.2 Å². The van der Waals surface area contributed by atoms with Crippen molar-refractivity contribution in [3.05, 3.63) is 41.0 Å². The van der Waals surface area contributed by atoms with E-state index in [0.717, 1.165) is 42.3 Å². The molecule has 1 aliphatic rings. The molecular weight excluding hydrogens is 310 g/mol. The van der Waals surface area contributed by atoms with Gasteiger partial charge in [-0.15, -0.1) is 11.3 Å². The lowest BCUT2D eigenvalue weighted by molar-refractivity contribution is 0.190. The summed E-state index contributed by atoms with van der Waals surface area (Å²) in [7, 11) is 2.09. The average Bonchev–Trinajstić information content (AvgIpc) is 3.27. The average molecular weight is 327 g/mol. The van der Waals surface area contributed by atoms with Gasteiger partial charge in [0, 0.05) is 36.1 Å². The molecule has 3 heterocycles. The van der Waals surface area contributed by atoms with Gasteiger partial charge in [-0.05, 0) is 19.2 Å². The molecule has 7 heteroatoms. The van der Waals surface area contributed by atoms with Crippen LogP contribution in [0, 0.1) is 0 Å². The molecule has 1 aromatic carbocycles. The van der Waals surface area contributed by atoms with Crippen molar-refractivity contribution >= 4 is 11.3 Å². The molecule has 1 unspecified atom stereocenters. The van der Waals surface area contributed by atoms with Crippen molar-refractivity contribution in [3.8, 4) is 22.7 Å². The zero-order chi connectivity index (χ0) is 15.6. The highest BCUT2D eigenvalue weighted by Gasteiger charge is 2.25. The first kappa shape index (κ1) is 14.5. The van der Waals surface area contributed by atoms with Crippen LogP contribution in [0.15, 0.2) is 39.7 Å². The summed E-state index contributed by atoms with van der Waals surface area (Å²) in [5.74, 6) is 1.28. The van der Waals surface area contributed by atoms with Crippen molar-refractivity contribution in [2.75, 3.05) is 26.7 Å². The van der Waals surface area contributed by atoms with Crippen LogP contribution in [-0.4, -0.2) is 46.7 Å². The molecule has 0 bridgehead atoms. The van der Waals surface area contributed by atoms with Gasteiger partial charge in [0.1, 0.15) is 0 Å². The molecule has 1 N–H and O–H groups in total. The van der Waals surface area contributed by atoms with E-state index in [9.17, 15) is 0 Å². The van der Waals surface area contributed by atoms with Crippen LogP contribution >= 0.6 is 11.3 Å². The van der Waals surface area contributed by atoms with Crippen molar-refractivity contribution in [1.82, 2.24) is 25.3 Å². The van der Waals surface area contributed by atoms with Gasteiger partial charge in [-0.1, -0.05) is 17.3 Å². The predicted molar refractivity (Wildman–Crippen MR) is 89.1 cm³/mol. The molecule has 2 aromatic heterocycles. The molecule has 0 aliphatic carbocycles. The maximum Gasteiger partial charge on any atom is 0.258 e. The van der Waals surface area contributed by atoms with Gasteiger partial charge in [-0.3, -0.25) is 4.90 Å². The van der Waals surface area contributed by atoms with Gasteiger partial charge in [0.2, 0.25) is 0 Å². The van der Waals surface area contributed by atoms with Crippen LogP contribution in [0.2, 0.25) is 0 Å². The van der Waals surface area contributed by atoms with Crippen LogP contribution in [0.5, 0.6) is 0 Å². The maximum atomic E-state index is 5.49. The first-order chi connectivity index (χ1) is 11.3. The van der Waals surface area contributed by atoms with Crippen LogP contribution in [0.25, 0.3) is 22.7 Å². The molecule has 0 radical (unpaired) electrons.